The number of hydrogen-bond donors (Lipinski definition) is 1. The van der Waals surface area contributed by atoms with Crippen LogP contribution in [0.25, 0.3) is 0 Å². The van der Waals surface area contributed by atoms with E-state index in [4.69, 9.17) is 5.73 Å². The second kappa shape index (κ2) is 6.01. The highest BCUT2D eigenvalue weighted by Crippen LogP contribution is 2.27. The van der Waals surface area contributed by atoms with Crippen LogP contribution in [0, 0.1) is 5.82 Å². The van der Waals surface area contributed by atoms with Gasteiger partial charge < -0.3 is 10.6 Å². The third kappa shape index (κ3) is 2.98. The molecule has 3 nitrogen and oxygen atoms in total. The molecule has 2 unspecified atom stereocenters. The van der Waals surface area contributed by atoms with E-state index in [9.17, 15) is 9.18 Å². The van der Waals surface area contributed by atoms with E-state index in [0.29, 0.717) is 16.6 Å². The smallest absolute Gasteiger partial charge is 0.255 e. The summed E-state index contributed by atoms with van der Waals surface area (Å²) >= 11 is 3.26. The number of piperidine rings is 1. The van der Waals surface area contributed by atoms with Crippen LogP contribution in [-0.4, -0.2) is 29.4 Å². The van der Waals surface area contributed by atoms with Crippen molar-refractivity contribution in [1.29, 1.82) is 0 Å². The largest absolute Gasteiger partial charge is 0.332 e. The van der Waals surface area contributed by atoms with Crippen molar-refractivity contribution in [3.63, 3.8) is 0 Å². The van der Waals surface area contributed by atoms with E-state index in [-0.39, 0.29) is 23.8 Å². The van der Waals surface area contributed by atoms with Crippen LogP contribution in [0.5, 0.6) is 0 Å². The van der Waals surface area contributed by atoms with Crippen molar-refractivity contribution in [3.8, 4) is 0 Å². The van der Waals surface area contributed by atoms with Gasteiger partial charge in [-0.05, 0) is 60.3 Å². The Morgan fingerprint density at radius 3 is 2.89 bits per heavy atom. The summed E-state index contributed by atoms with van der Waals surface area (Å²) in [5, 5.41) is 0. The molecule has 104 valence electrons. The van der Waals surface area contributed by atoms with Gasteiger partial charge >= 0.3 is 0 Å². The van der Waals surface area contributed by atoms with Gasteiger partial charge in [0, 0.05) is 23.1 Å². The lowest BCUT2D eigenvalue weighted by Crippen LogP contribution is -2.51. The first-order chi connectivity index (χ1) is 9.04. The minimum absolute atomic E-state index is 0.0745. The average Bonchev–Trinajstić information content (AvgIpc) is 2.37. The summed E-state index contributed by atoms with van der Waals surface area (Å²) in [5.74, 6) is -0.431. The Hall–Kier alpha value is -0.940. The Bertz CT molecular complexity index is 481. The standard InChI is InChI=1S/C14H18BrFN2O/c1-9-3-2-4-11(8-17)18(9)14(19)12-6-5-10(16)7-13(12)15/h5-7,9,11H,2-4,8,17H2,1H3. The molecule has 0 aliphatic carbocycles. The lowest BCUT2D eigenvalue weighted by atomic mass is 9.95. The number of nitrogens with zero attached hydrogens (tertiary/aromatic N) is 1. The maximum atomic E-state index is 13.1. The molecule has 2 N–H and O–H groups in total. The third-order valence-corrected chi connectivity index (χ3v) is 4.35. The fourth-order valence-corrected chi connectivity index (χ4v) is 3.21. The van der Waals surface area contributed by atoms with Crippen LogP contribution in [0.3, 0.4) is 0 Å². The van der Waals surface area contributed by atoms with E-state index < -0.39 is 0 Å². The molecule has 1 aliphatic rings. The second-order valence-electron chi connectivity index (χ2n) is 5.01. The minimum atomic E-state index is -0.356. The molecule has 1 heterocycles. The molecule has 19 heavy (non-hydrogen) atoms. The molecule has 1 aromatic carbocycles. The Morgan fingerprint density at radius 2 is 2.26 bits per heavy atom. The SMILES string of the molecule is CC1CCCC(CN)N1C(=O)c1ccc(F)cc1Br. The summed E-state index contributed by atoms with van der Waals surface area (Å²) in [4.78, 5) is 14.5. The Balaban J connectivity index is 2.30. The number of hydrogen-bond acceptors (Lipinski definition) is 2. The molecule has 1 amide bonds. The summed E-state index contributed by atoms with van der Waals surface area (Å²) in [6, 6.07) is 4.40. The van der Waals surface area contributed by atoms with E-state index >= 15 is 0 Å². The zero-order valence-electron chi connectivity index (χ0n) is 10.9. The lowest BCUT2D eigenvalue weighted by Gasteiger charge is -2.40. The first kappa shape index (κ1) is 14.5. The molecular weight excluding hydrogens is 311 g/mol. The van der Waals surface area contributed by atoms with Gasteiger partial charge in [0.2, 0.25) is 0 Å². The topological polar surface area (TPSA) is 46.3 Å². The van der Waals surface area contributed by atoms with Gasteiger partial charge in [-0.25, -0.2) is 4.39 Å². The maximum absolute atomic E-state index is 13.1. The fraction of sp³-hybridized carbons (Fsp3) is 0.500. The van der Waals surface area contributed by atoms with E-state index in [0.717, 1.165) is 19.3 Å². The Kier molecular flexibility index (Phi) is 4.58. The highest BCUT2D eigenvalue weighted by Gasteiger charge is 2.32. The van der Waals surface area contributed by atoms with Crippen molar-refractivity contribution >= 4 is 21.8 Å². The van der Waals surface area contributed by atoms with Gasteiger partial charge in [0.1, 0.15) is 5.82 Å². The fourth-order valence-electron chi connectivity index (χ4n) is 2.69. The van der Waals surface area contributed by atoms with Gasteiger partial charge in [-0.1, -0.05) is 0 Å². The Morgan fingerprint density at radius 1 is 1.53 bits per heavy atom. The van der Waals surface area contributed by atoms with Crippen molar-refractivity contribution in [1.82, 2.24) is 4.90 Å². The van der Waals surface area contributed by atoms with Crippen LogP contribution < -0.4 is 5.73 Å². The van der Waals surface area contributed by atoms with Crippen LogP contribution in [0.4, 0.5) is 4.39 Å². The van der Waals surface area contributed by atoms with Crippen LogP contribution in [0.1, 0.15) is 36.5 Å². The number of benzene rings is 1. The number of nitrogens with two attached hydrogens (primary N) is 1. The maximum Gasteiger partial charge on any atom is 0.255 e. The number of halogens is 2. The van der Waals surface area contributed by atoms with E-state index in [1.807, 2.05) is 11.8 Å². The molecule has 2 rings (SSSR count). The summed E-state index contributed by atoms with van der Waals surface area (Å²) < 4.78 is 13.6. The number of likely N-dealkylation sites (tertiary alicyclic amines) is 1. The van der Waals surface area contributed by atoms with Crippen LogP contribution in [0.15, 0.2) is 22.7 Å². The van der Waals surface area contributed by atoms with Crippen LogP contribution in [0.2, 0.25) is 0 Å². The predicted octanol–water partition coefficient (Wildman–Crippen LogP) is 2.93. The number of carbonyl (C=O) groups is 1. The lowest BCUT2D eigenvalue weighted by molar-refractivity contribution is 0.0493. The highest BCUT2D eigenvalue weighted by molar-refractivity contribution is 9.10. The van der Waals surface area contributed by atoms with E-state index in [1.54, 1.807) is 0 Å². The third-order valence-electron chi connectivity index (χ3n) is 3.70. The first-order valence-electron chi connectivity index (χ1n) is 6.52. The zero-order valence-corrected chi connectivity index (χ0v) is 12.5. The Labute approximate surface area is 121 Å². The molecule has 1 fully saturated rings. The predicted molar refractivity (Wildman–Crippen MR) is 76.4 cm³/mol. The number of carbonyl (C=O) groups excluding carboxylic acids is 1. The molecule has 0 aromatic heterocycles. The van der Waals surface area contributed by atoms with E-state index in [2.05, 4.69) is 15.9 Å². The van der Waals surface area contributed by atoms with Gasteiger partial charge in [-0.15, -0.1) is 0 Å². The number of amides is 1. The molecule has 5 heteroatoms. The van der Waals surface area contributed by atoms with Crippen molar-refractivity contribution in [2.24, 2.45) is 5.73 Å². The van der Waals surface area contributed by atoms with Gasteiger partial charge in [-0.2, -0.15) is 0 Å². The molecule has 1 aromatic rings. The van der Waals surface area contributed by atoms with Crippen molar-refractivity contribution in [3.05, 3.63) is 34.1 Å². The molecule has 2 atom stereocenters. The van der Waals surface area contributed by atoms with Gasteiger partial charge in [-0.3, -0.25) is 4.79 Å². The van der Waals surface area contributed by atoms with Crippen molar-refractivity contribution in [2.75, 3.05) is 6.54 Å². The monoisotopic (exact) mass is 328 g/mol. The van der Waals surface area contributed by atoms with Gasteiger partial charge in [0.15, 0.2) is 0 Å². The average molecular weight is 329 g/mol. The van der Waals surface area contributed by atoms with Crippen LogP contribution in [-0.2, 0) is 0 Å². The summed E-state index contributed by atoms with van der Waals surface area (Å²) in [6.07, 6.45) is 3.02. The zero-order chi connectivity index (χ0) is 14.0. The van der Waals surface area contributed by atoms with Crippen LogP contribution >= 0.6 is 15.9 Å². The van der Waals surface area contributed by atoms with Crippen molar-refractivity contribution < 1.29 is 9.18 Å². The second-order valence-corrected chi connectivity index (χ2v) is 5.86. The molecule has 0 saturated carbocycles. The first-order valence-corrected chi connectivity index (χ1v) is 7.31. The molecule has 0 bridgehead atoms. The normalized spacial score (nSPS) is 23.5. The summed E-state index contributed by atoms with van der Waals surface area (Å²) in [5.41, 5.74) is 6.26. The molecule has 0 spiro atoms. The molecule has 1 aliphatic heterocycles. The number of rotatable bonds is 2. The minimum Gasteiger partial charge on any atom is -0.332 e. The summed E-state index contributed by atoms with van der Waals surface area (Å²) in [6.45, 7) is 2.51. The van der Waals surface area contributed by atoms with Crippen molar-refractivity contribution in [2.45, 2.75) is 38.3 Å². The molecule has 0 radical (unpaired) electrons. The molecule has 1 saturated heterocycles. The highest BCUT2D eigenvalue weighted by atomic mass is 79.9. The van der Waals surface area contributed by atoms with Gasteiger partial charge in [0.25, 0.3) is 5.91 Å². The quantitative estimate of drug-likeness (QED) is 0.907. The summed E-state index contributed by atoms with van der Waals surface area (Å²) in [7, 11) is 0. The van der Waals surface area contributed by atoms with Gasteiger partial charge in [0.05, 0.1) is 5.56 Å². The van der Waals surface area contributed by atoms with E-state index in [1.165, 1.54) is 18.2 Å². The molecular formula is C14H18BrFN2O.